The van der Waals surface area contributed by atoms with Gasteiger partial charge in [-0.3, -0.25) is 4.79 Å². The summed E-state index contributed by atoms with van der Waals surface area (Å²) in [6.07, 6.45) is 3.82. The number of aromatic nitrogens is 2. The number of halogens is 1. The molecule has 3 rings (SSSR count). The summed E-state index contributed by atoms with van der Waals surface area (Å²) in [5.41, 5.74) is 2.79. The van der Waals surface area contributed by atoms with E-state index in [0.29, 0.717) is 22.8 Å². The Morgan fingerprint density at radius 3 is 2.38 bits per heavy atom. The standard InChI is InChI=1S/C20H19FN4O/c1-2-14-7-9-17(10-8-14)25-19(26)16-12-23-20(24-13-16)22-11-15-5-3-4-6-18(15)21/h3-10,12-13H,2,11H2,1H3,(H,25,26)(H,22,23,24). The SMILES string of the molecule is CCc1ccc(NC(=O)c2cnc(NCc3ccccc3F)nc2)cc1. The molecule has 0 atom stereocenters. The first-order valence-electron chi connectivity index (χ1n) is 8.35. The van der Waals surface area contributed by atoms with Gasteiger partial charge in [0.25, 0.3) is 5.91 Å². The van der Waals surface area contributed by atoms with Crippen molar-refractivity contribution in [3.05, 3.63) is 83.4 Å². The largest absolute Gasteiger partial charge is 0.350 e. The zero-order valence-electron chi connectivity index (χ0n) is 14.4. The maximum absolute atomic E-state index is 13.6. The van der Waals surface area contributed by atoms with E-state index in [9.17, 15) is 9.18 Å². The van der Waals surface area contributed by atoms with Crippen LogP contribution < -0.4 is 10.6 Å². The van der Waals surface area contributed by atoms with Crippen LogP contribution in [0.4, 0.5) is 16.0 Å². The van der Waals surface area contributed by atoms with Gasteiger partial charge in [-0.1, -0.05) is 37.3 Å². The lowest BCUT2D eigenvalue weighted by atomic mass is 10.1. The number of nitrogens with one attached hydrogen (secondary N) is 2. The Balaban J connectivity index is 1.59. The van der Waals surface area contributed by atoms with Crippen molar-refractivity contribution in [1.82, 2.24) is 9.97 Å². The molecule has 0 aliphatic rings. The Morgan fingerprint density at radius 1 is 1.04 bits per heavy atom. The molecule has 1 heterocycles. The molecule has 0 spiro atoms. The van der Waals surface area contributed by atoms with Crippen molar-refractivity contribution in [3.8, 4) is 0 Å². The third kappa shape index (κ3) is 4.42. The molecule has 5 nitrogen and oxygen atoms in total. The summed E-state index contributed by atoms with van der Waals surface area (Å²) in [7, 11) is 0. The highest BCUT2D eigenvalue weighted by Crippen LogP contribution is 2.12. The van der Waals surface area contributed by atoms with E-state index < -0.39 is 0 Å². The minimum Gasteiger partial charge on any atom is -0.350 e. The Kier molecular flexibility index (Phi) is 5.53. The van der Waals surface area contributed by atoms with Crippen LogP contribution in [0.5, 0.6) is 0 Å². The number of hydrogen-bond donors (Lipinski definition) is 2. The van der Waals surface area contributed by atoms with Crippen molar-refractivity contribution in [2.45, 2.75) is 19.9 Å². The predicted molar refractivity (Wildman–Crippen MR) is 99.5 cm³/mol. The fraction of sp³-hybridized carbons (Fsp3) is 0.150. The second-order valence-corrected chi connectivity index (χ2v) is 5.74. The first kappa shape index (κ1) is 17.5. The summed E-state index contributed by atoms with van der Waals surface area (Å²) >= 11 is 0. The van der Waals surface area contributed by atoms with Crippen LogP contribution in [-0.4, -0.2) is 15.9 Å². The van der Waals surface area contributed by atoms with Gasteiger partial charge in [-0.05, 0) is 30.2 Å². The second kappa shape index (κ2) is 8.20. The van der Waals surface area contributed by atoms with E-state index in [2.05, 4.69) is 27.5 Å². The summed E-state index contributed by atoms with van der Waals surface area (Å²) in [6.45, 7) is 2.34. The Morgan fingerprint density at radius 2 is 1.73 bits per heavy atom. The monoisotopic (exact) mass is 350 g/mol. The van der Waals surface area contributed by atoms with Crippen LogP contribution in [0.1, 0.15) is 28.4 Å². The topological polar surface area (TPSA) is 66.9 Å². The van der Waals surface area contributed by atoms with Gasteiger partial charge in [-0.2, -0.15) is 0 Å². The number of carbonyl (C=O) groups excluding carboxylic acids is 1. The van der Waals surface area contributed by atoms with Crippen LogP contribution in [0.15, 0.2) is 60.9 Å². The van der Waals surface area contributed by atoms with E-state index in [1.807, 2.05) is 24.3 Å². The number of amides is 1. The van der Waals surface area contributed by atoms with Gasteiger partial charge in [-0.25, -0.2) is 14.4 Å². The number of hydrogen-bond acceptors (Lipinski definition) is 4. The third-order valence-electron chi connectivity index (χ3n) is 3.93. The highest BCUT2D eigenvalue weighted by Gasteiger charge is 2.08. The Hall–Kier alpha value is -3.28. The minimum absolute atomic E-state index is 0.266. The van der Waals surface area contributed by atoms with Crippen molar-refractivity contribution in [2.24, 2.45) is 0 Å². The van der Waals surface area contributed by atoms with E-state index in [0.717, 1.165) is 6.42 Å². The Bertz CT molecular complexity index is 879. The van der Waals surface area contributed by atoms with Gasteiger partial charge in [-0.15, -0.1) is 0 Å². The van der Waals surface area contributed by atoms with Crippen molar-refractivity contribution in [3.63, 3.8) is 0 Å². The van der Waals surface area contributed by atoms with Crippen molar-refractivity contribution >= 4 is 17.5 Å². The number of benzene rings is 2. The zero-order valence-corrected chi connectivity index (χ0v) is 14.4. The lowest BCUT2D eigenvalue weighted by Gasteiger charge is -2.08. The summed E-state index contributed by atoms with van der Waals surface area (Å²) in [5.74, 6) is -0.239. The minimum atomic E-state index is -0.287. The maximum atomic E-state index is 13.6. The third-order valence-corrected chi connectivity index (χ3v) is 3.93. The zero-order chi connectivity index (χ0) is 18.4. The Labute approximate surface area is 151 Å². The van der Waals surface area contributed by atoms with Crippen LogP contribution in [-0.2, 0) is 13.0 Å². The summed E-state index contributed by atoms with van der Waals surface area (Å²) < 4.78 is 13.6. The average molecular weight is 350 g/mol. The first-order valence-corrected chi connectivity index (χ1v) is 8.35. The number of aryl methyl sites for hydroxylation is 1. The first-order chi connectivity index (χ1) is 12.7. The molecule has 0 fully saturated rings. The molecule has 132 valence electrons. The molecule has 0 aliphatic carbocycles. The van der Waals surface area contributed by atoms with Gasteiger partial charge in [0.2, 0.25) is 5.95 Å². The molecule has 0 aliphatic heterocycles. The van der Waals surface area contributed by atoms with E-state index in [-0.39, 0.29) is 18.3 Å². The average Bonchev–Trinajstić information content (AvgIpc) is 2.68. The molecular weight excluding hydrogens is 331 g/mol. The molecule has 0 saturated carbocycles. The van der Waals surface area contributed by atoms with Gasteiger partial charge in [0.15, 0.2) is 0 Å². The molecule has 6 heteroatoms. The molecular formula is C20H19FN4O. The van der Waals surface area contributed by atoms with Gasteiger partial charge in [0, 0.05) is 30.2 Å². The summed E-state index contributed by atoms with van der Waals surface area (Å²) in [4.78, 5) is 20.5. The second-order valence-electron chi connectivity index (χ2n) is 5.74. The smallest absolute Gasteiger partial charge is 0.258 e. The van der Waals surface area contributed by atoms with Gasteiger partial charge < -0.3 is 10.6 Å². The van der Waals surface area contributed by atoms with E-state index >= 15 is 0 Å². The molecule has 1 amide bonds. The fourth-order valence-corrected chi connectivity index (χ4v) is 2.38. The van der Waals surface area contributed by atoms with E-state index in [1.165, 1.54) is 24.0 Å². The van der Waals surface area contributed by atoms with Gasteiger partial charge >= 0.3 is 0 Å². The molecule has 0 radical (unpaired) electrons. The highest BCUT2D eigenvalue weighted by molar-refractivity contribution is 6.03. The van der Waals surface area contributed by atoms with Gasteiger partial charge in [0.05, 0.1) is 5.56 Å². The molecule has 26 heavy (non-hydrogen) atoms. The number of rotatable bonds is 6. The van der Waals surface area contributed by atoms with Crippen LogP contribution in [0.2, 0.25) is 0 Å². The number of anilines is 2. The lowest BCUT2D eigenvalue weighted by Crippen LogP contribution is -2.13. The summed E-state index contributed by atoms with van der Waals surface area (Å²) in [5, 5.41) is 5.74. The van der Waals surface area contributed by atoms with E-state index in [4.69, 9.17) is 0 Å². The fourth-order valence-electron chi connectivity index (χ4n) is 2.38. The molecule has 3 aromatic rings. The summed E-state index contributed by atoms with van der Waals surface area (Å²) in [6, 6.07) is 14.2. The van der Waals surface area contributed by atoms with E-state index in [1.54, 1.807) is 18.2 Å². The molecule has 1 aromatic heterocycles. The molecule has 0 bridgehead atoms. The molecule has 2 aromatic carbocycles. The normalized spacial score (nSPS) is 10.4. The highest BCUT2D eigenvalue weighted by atomic mass is 19.1. The lowest BCUT2D eigenvalue weighted by molar-refractivity contribution is 0.102. The van der Waals surface area contributed by atoms with Crippen LogP contribution in [0.25, 0.3) is 0 Å². The number of nitrogens with zero attached hydrogens (tertiary/aromatic N) is 2. The molecule has 0 unspecified atom stereocenters. The van der Waals surface area contributed by atoms with Crippen molar-refractivity contribution in [2.75, 3.05) is 10.6 Å². The van der Waals surface area contributed by atoms with Crippen LogP contribution in [0.3, 0.4) is 0 Å². The van der Waals surface area contributed by atoms with Crippen molar-refractivity contribution < 1.29 is 9.18 Å². The molecule has 2 N–H and O–H groups in total. The quantitative estimate of drug-likeness (QED) is 0.704. The van der Waals surface area contributed by atoms with Crippen LogP contribution in [0, 0.1) is 5.82 Å². The predicted octanol–water partition coefficient (Wildman–Crippen LogP) is 4.04. The van der Waals surface area contributed by atoms with Crippen molar-refractivity contribution in [1.29, 1.82) is 0 Å². The molecule has 0 saturated heterocycles. The van der Waals surface area contributed by atoms with Gasteiger partial charge in [0.1, 0.15) is 5.82 Å². The number of carbonyl (C=O) groups is 1. The maximum Gasteiger partial charge on any atom is 0.258 e. The van der Waals surface area contributed by atoms with Crippen LogP contribution >= 0.6 is 0 Å².